The van der Waals surface area contributed by atoms with Crippen LogP contribution < -0.4 is 11.3 Å². The summed E-state index contributed by atoms with van der Waals surface area (Å²) in [5.74, 6) is 4.97. The molecular weight excluding hydrogens is 272 g/mol. The summed E-state index contributed by atoms with van der Waals surface area (Å²) < 4.78 is 51.5. The largest absolute Gasteiger partial charge is 0.419 e. The van der Waals surface area contributed by atoms with Crippen LogP contribution in [0.4, 0.5) is 17.6 Å². The van der Waals surface area contributed by atoms with Crippen molar-refractivity contribution in [2.45, 2.75) is 38.4 Å². The molecule has 20 heavy (non-hydrogen) atoms. The smallest absolute Gasteiger partial charge is 0.271 e. The summed E-state index contributed by atoms with van der Waals surface area (Å²) in [6.07, 6.45) is -1.83. The average Bonchev–Trinajstić information content (AvgIpc) is 2.77. The Balaban J connectivity index is 2.31. The normalized spacial score (nSPS) is 24.9. The van der Waals surface area contributed by atoms with Gasteiger partial charge in [0.05, 0.1) is 5.56 Å². The third-order valence-electron chi connectivity index (χ3n) is 4.04. The molecule has 1 aromatic carbocycles. The second kappa shape index (κ2) is 5.69. The zero-order chi connectivity index (χ0) is 14.9. The highest BCUT2D eigenvalue weighted by Crippen LogP contribution is 2.40. The van der Waals surface area contributed by atoms with Crippen LogP contribution in [0.25, 0.3) is 0 Å². The van der Waals surface area contributed by atoms with E-state index in [2.05, 4.69) is 12.3 Å². The Morgan fingerprint density at radius 3 is 2.50 bits per heavy atom. The maximum Gasteiger partial charge on any atom is 0.419 e. The van der Waals surface area contributed by atoms with Gasteiger partial charge in [0, 0.05) is 6.04 Å². The summed E-state index contributed by atoms with van der Waals surface area (Å²) in [5, 5.41) is 0. The van der Waals surface area contributed by atoms with E-state index < -0.39 is 17.6 Å². The molecule has 0 aromatic heterocycles. The van der Waals surface area contributed by atoms with E-state index in [0.29, 0.717) is 11.5 Å². The Bertz CT molecular complexity index is 473. The number of alkyl halides is 3. The molecule has 3 unspecified atom stereocenters. The fourth-order valence-corrected chi connectivity index (χ4v) is 3.01. The minimum Gasteiger partial charge on any atom is -0.271 e. The van der Waals surface area contributed by atoms with Crippen molar-refractivity contribution in [3.8, 4) is 0 Å². The van der Waals surface area contributed by atoms with Crippen molar-refractivity contribution in [1.29, 1.82) is 0 Å². The summed E-state index contributed by atoms with van der Waals surface area (Å²) in [5.41, 5.74) is 1.74. The van der Waals surface area contributed by atoms with Crippen LogP contribution in [0.5, 0.6) is 0 Å². The lowest BCUT2D eigenvalue weighted by atomic mass is 9.90. The minimum atomic E-state index is -4.69. The van der Waals surface area contributed by atoms with Gasteiger partial charge in [-0.05, 0) is 42.4 Å². The molecule has 112 valence electrons. The molecule has 3 N–H and O–H groups in total. The lowest BCUT2D eigenvalue weighted by molar-refractivity contribution is -0.140. The molecule has 1 fully saturated rings. The summed E-state index contributed by atoms with van der Waals surface area (Å²) >= 11 is 0. The number of benzene rings is 1. The fraction of sp³-hybridized carbons (Fsp3) is 0.571. The predicted octanol–water partition coefficient (Wildman–Crippen LogP) is 3.79. The molecule has 0 radical (unpaired) electrons. The van der Waals surface area contributed by atoms with E-state index in [9.17, 15) is 17.6 Å². The second-order valence-electron chi connectivity index (χ2n) is 5.56. The maximum atomic E-state index is 13.3. The molecule has 2 nitrogen and oxygen atoms in total. The first-order valence-corrected chi connectivity index (χ1v) is 6.65. The van der Waals surface area contributed by atoms with E-state index in [0.717, 1.165) is 31.4 Å². The van der Waals surface area contributed by atoms with Gasteiger partial charge < -0.3 is 0 Å². The van der Waals surface area contributed by atoms with Gasteiger partial charge in [-0.25, -0.2) is 4.39 Å². The van der Waals surface area contributed by atoms with Crippen molar-refractivity contribution in [3.05, 3.63) is 35.1 Å². The molecule has 0 aliphatic heterocycles. The van der Waals surface area contributed by atoms with E-state index in [4.69, 9.17) is 5.84 Å². The van der Waals surface area contributed by atoms with Gasteiger partial charge in [-0.1, -0.05) is 19.4 Å². The highest BCUT2D eigenvalue weighted by atomic mass is 19.4. The molecular formula is C14H18F4N2. The number of hydrogen-bond donors (Lipinski definition) is 2. The standard InChI is InChI=1S/C14H18F4N2/c1-8-2-3-9(6-8)13(20-19)10-4-5-12(15)11(7-10)14(16,17)18/h4-5,7-9,13,20H,2-3,6,19H2,1H3. The van der Waals surface area contributed by atoms with Crippen molar-refractivity contribution < 1.29 is 17.6 Å². The quantitative estimate of drug-likeness (QED) is 0.505. The lowest BCUT2D eigenvalue weighted by Gasteiger charge is -2.24. The Labute approximate surface area is 115 Å². The monoisotopic (exact) mass is 290 g/mol. The van der Waals surface area contributed by atoms with Gasteiger partial charge in [0.25, 0.3) is 0 Å². The molecule has 0 spiro atoms. The van der Waals surface area contributed by atoms with Crippen LogP contribution in [0.1, 0.15) is 43.4 Å². The summed E-state index contributed by atoms with van der Waals surface area (Å²) in [6, 6.07) is 2.73. The van der Waals surface area contributed by atoms with Crippen molar-refractivity contribution >= 4 is 0 Å². The van der Waals surface area contributed by atoms with E-state index in [1.807, 2.05) is 0 Å². The molecule has 0 saturated heterocycles. The maximum absolute atomic E-state index is 13.3. The summed E-state index contributed by atoms with van der Waals surface area (Å²) in [6.45, 7) is 2.11. The van der Waals surface area contributed by atoms with Crippen LogP contribution in [0.2, 0.25) is 0 Å². The predicted molar refractivity (Wildman–Crippen MR) is 68.0 cm³/mol. The summed E-state index contributed by atoms with van der Waals surface area (Å²) in [7, 11) is 0. The first kappa shape index (κ1) is 15.3. The highest BCUT2D eigenvalue weighted by Gasteiger charge is 2.36. The molecule has 1 aliphatic rings. The molecule has 0 bridgehead atoms. The van der Waals surface area contributed by atoms with Gasteiger partial charge in [0.15, 0.2) is 0 Å². The van der Waals surface area contributed by atoms with Crippen LogP contribution in [0, 0.1) is 17.7 Å². The van der Waals surface area contributed by atoms with Gasteiger partial charge in [0.2, 0.25) is 0 Å². The fourth-order valence-electron chi connectivity index (χ4n) is 3.01. The number of hydrogen-bond acceptors (Lipinski definition) is 2. The molecule has 6 heteroatoms. The van der Waals surface area contributed by atoms with Crippen molar-refractivity contribution in [1.82, 2.24) is 5.43 Å². The van der Waals surface area contributed by atoms with Crippen molar-refractivity contribution in [3.63, 3.8) is 0 Å². The van der Waals surface area contributed by atoms with E-state index in [1.165, 1.54) is 6.07 Å². The zero-order valence-corrected chi connectivity index (χ0v) is 11.2. The van der Waals surface area contributed by atoms with Gasteiger partial charge in [-0.15, -0.1) is 0 Å². The number of hydrazine groups is 1. The zero-order valence-electron chi connectivity index (χ0n) is 11.2. The molecule has 1 aromatic rings. The van der Waals surface area contributed by atoms with Crippen LogP contribution >= 0.6 is 0 Å². The van der Waals surface area contributed by atoms with E-state index in [-0.39, 0.29) is 12.0 Å². The van der Waals surface area contributed by atoms with E-state index in [1.54, 1.807) is 0 Å². The molecule has 1 saturated carbocycles. The van der Waals surface area contributed by atoms with Crippen LogP contribution in [0.3, 0.4) is 0 Å². The first-order valence-electron chi connectivity index (χ1n) is 6.65. The minimum absolute atomic E-state index is 0.182. The third-order valence-corrected chi connectivity index (χ3v) is 4.04. The highest BCUT2D eigenvalue weighted by molar-refractivity contribution is 5.30. The Kier molecular flexibility index (Phi) is 4.34. The van der Waals surface area contributed by atoms with Gasteiger partial charge in [-0.2, -0.15) is 13.2 Å². The number of rotatable bonds is 3. The van der Waals surface area contributed by atoms with Gasteiger partial charge in [0.1, 0.15) is 5.82 Å². The SMILES string of the molecule is CC1CCC(C(NN)c2ccc(F)c(C(F)(F)F)c2)C1. The van der Waals surface area contributed by atoms with Crippen LogP contribution in [0.15, 0.2) is 18.2 Å². The van der Waals surface area contributed by atoms with Crippen LogP contribution in [-0.2, 0) is 6.18 Å². The second-order valence-corrected chi connectivity index (χ2v) is 5.56. The van der Waals surface area contributed by atoms with Crippen molar-refractivity contribution in [2.75, 3.05) is 0 Å². The Morgan fingerprint density at radius 2 is 2.00 bits per heavy atom. The van der Waals surface area contributed by atoms with Gasteiger partial charge in [-0.3, -0.25) is 11.3 Å². The van der Waals surface area contributed by atoms with Crippen LogP contribution in [-0.4, -0.2) is 0 Å². The molecule has 0 heterocycles. The van der Waals surface area contributed by atoms with E-state index >= 15 is 0 Å². The molecule has 2 rings (SSSR count). The molecule has 1 aliphatic carbocycles. The Morgan fingerprint density at radius 1 is 1.30 bits per heavy atom. The topological polar surface area (TPSA) is 38.0 Å². The van der Waals surface area contributed by atoms with Gasteiger partial charge >= 0.3 is 6.18 Å². The number of nitrogens with one attached hydrogen (secondary N) is 1. The third kappa shape index (κ3) is 3.12. The average molecular weight is 290 g/mol. The summed E-state index contributed by atoms with van der Waals surface area (Å²) in [4.78, 5) is 0. The molecule has 0 amide bonds. The lowest BCUT2D eigenvalue weighted by Crippen LogP contribution is -2.33. The first-order chi connectivity index (χ1) is 9.32. The number of halogens is 4. The number of nitrogens with two attached hydrogens (primary N) is 1. The van der Waals surface area contributed by atoms with Crippen molar-refractivity contribution in [2.24, 2.45) is 17.7 Å². The molecule has 3 atom stereocenters. The Hall–Kier alpha value is -1.14.